The summed E-state index contributed by atoms with van der Waals surface area (Å²) in [6, 6.07) is 13.9. The van der Waals surface area contributed by atoms with Crippen LogP contribution in [0, 0.1) is 0 Å². The minimum absolute atomic E-state index is 0.518. The summed E-state index contributed by atoms with van der Waals surface area (Å²) in [4.78, 5) is 4.26. The second kappa shape index (κ2) is 17.4. The van der Waals surface area contributed by atoms with E-state index in [2.05, 4.69) is 44.1 Å². The Hall–Kier alpha value is -0.940. The normalized spacial score (nSPS) is 8.52. The first-order valence-corrected chi connectivity index (χ1v) is 9.06. The van der Waals surface area contributed by atoms with E-state index in [1.165, 1.54) is 12.6 Å². The van der Waals surface area contributed by atoms with Gasteiger partial charge < -0.3 is 11.1 Å². The lowest BCUT2D eigenvalue weighted by Gasteiger charge is -2.06. The number of hydrogen-bond acceptors (Lipinski definition) is 3. The van der Waals surface area contributed by atoms with Gasteiger partial charge in [-0.2, -0.15) is 0 Å². The third kappa shape index (κ3) is 11.3. The molecule has 1 heterocycles. The molecule has 2 rings (SSSR count). The van der Waals surface area contributed by atoms with Gasteiger partial charge in [0.2, 0.25) is 0 Å². The highest BCUT2D eigenvalue weighted by Gasteiger charge is 2.02. The molecule has 0 unspecified atom stereocenters. The molecule has 5 heteroatoms. The fourth-order valence-electron chi connectivity index (χ4n) is 1.50. The monoisotopic (exact) mass is 401 g/mol. The Labute approximate surface area is 154 Å². The molecule has 2 aromatic rings. The summed E-state index contributed by atoms with van der Waals surface area (Å²) in [5.41, 5.74) is 6.68. The summed E-state index contributed by atoms with van der Waals surface area (Å²) in [7, 11) is 1.50. The summed E-state index contributed by atoms with van der Waals surface area (Å²) >= 11 is 9.31. The molecule has 0 aliphatic heterocycles. The van der Waals surface area contributed by atoms with Crippen molar-refractivity contribution in [2.45, 2.75) is 40.8 Å². The third-order valence-electron chi connectivity index (χ3n) is 2.35. The zero-order chi connectivity index (χ0) is 18.1. The van der Waals surface area contributed by atoms with Crippen LogP contribution in [-0.2, 0) is 13.1 Å². The van der Waals surface area contributed by atoms with Crippen LogP contribution in [0.15, 0.2) is 46.9 Å². The van der Waals surface area contributed by atoms with Gasteiger partial charge in [-0.3, -0.25) is 0 Å². The summed E-state index contributed by atoms with van der Waals surface area (Å²) in [6.45, 7) is 9.51. The molecule has 0 saturated heterocycles. The standard InChI is InChI=1S/C13H12BrClN2.2C2H6.CH5N/c14-11-6-7-13(15)17-12(11)9-16-8-10-4-2-1-3-5-10;3*1-2/h1-7,16H,8-9H2;2*1-2H3;2H2,1H3. The number of nitrogens with two attached hydrogens (primary N) is 1. The number of nitrogens with one attached hydrogen (secondary N) is 1. The predicted molar refractivity (Wildman–Crippen MR) is 107 cm³/mol. The first kappa shape index (κ1) is 24.3. The maximum Gasteiger partial charge on any atom is 0.129 e. The highest BCUT2D eigenvalue weighted by atomic mass is 79.9. The Kier molecular flexibility index (Phi) is 18.4. The van der Waals surface area contributed by atoms with Gasteiger partial charge in [0.05, 0.1) is 5.69 Å². The molecule has 0 amide bonds. The maximum absolute atomic E-state index is 5.85. The Balaban J connectivity index is 0. The van der Waals surface area contributed by atoms with Crippen molar-refractivity contribution in [3.63, 3.8) is 0 Å². The highest BCUT2D eigenvalue weighted by molar-refractivity contribution is 9.10. The molecule has 23 heavy (non-hydrogen) atoms. The number of aromatic nitrogens is 1. The number of halogens is 2. The van der Waals surface area contributed by atoms with E-state index in [-0.39, 0.29) is 0 Å². The van der Waals surface area contributed by atoms with Gasteiger partial charge >= 0.3 is 0 Å². The number of rotatable bonds is 4. The van der Waals surface area contributed by atoms with Gasteiger partial charge in [-0.05, 0) is 40.7 Å². The summed E-state index contributed by atoms with van der Waals surface area (Å²) < 4.78 is 0.975. The SMILES string of the molecule is CC.CC.CN.Clc1ccc(Br)c(CNCc2ccccc2)n1. The van der Waals surface area contributed by atoms with Crippen molar-refractivity contribution in [2.75, 3.05) is 7.05 Å². The number of hydrogen-bond donors (Lipinski definition) is 2. The highest BCUT2D eigenvalue weighted by Crippen LogP contribution is 2.17. The van der Waals surface area contributed by atoms with Crippen molar-refractivity contribution < 1.29 is 0 Å². The maximum atomic E-state index is 5.85. The summed E-state index contributed by atoms with van der Waals surface area (Å²) in [5.74, 6) is 0. The van der Waals surface area contributed by atoms with E-state index < -0.39 is 0 Å². The number of nitrogens with zero attached hydrogens (tertiary/aromatic N) is 1. The van der Waals surface area contributed by atoms with Crippen molar-refractivity contribution in [2.24, 2.45) is 5.73 Å². The molecule has 3 nitrogen and oxygen atoms in total. The van der Waals surface area contributed by atoms with E-state index in [0.717, 1.165) is 16.7 Å². The average molecular weight is 403 g/mol. The fourth-order valence-corrected chi connectivity index (χ4v) is 2.03. The Morgan fingerprint density at radius 1 is 0.957 bits per heavy atom. The zero-order valence-electron chi connectivity index (χ0n) is 14.7. The smallest absolute Gasteiger partial charge is 0.129 e. The molecule has 0 bridgehead atoms. The second-order valence-corrected chi connectivity index (χ2v) is 4.89. The number of benzene rings is 1. The summed E-state index contributed by atoms with van der Waals surface area (Å²) in [5, 5.41) is 3.85. The van der Waals surface area contributed by atoms with Gasteiger partial charge in [0.1, 0.15) is 5.15 Å². The van der Waals surface area contributed by atoms with Crippen LogP contribution in [0.25, 0.3) is 0 Å². The van der Waals surface area contributed by atoms with Crippen molar-refractivity contribution in [3.05, 3.63) is 63.3 Å². The zero-order valence-corrected chi connectivity index (χ0v) is 17.1. The van der Waals surface area contributed by atoms with E-state index in [4.69, 9.17) is 11.6 Å². The van der Waals surface area contributed by atoms with Crippen molar-refractivity contribution in [1.82, 2.24) is 10.3 Å². The van der Waals surface area contributed by atoms with Crippen molar-refractivity contribution in [1.29, 1.82) is 0 Å². The van der Waals surface area contributed by atoms with Gasteiger partial charge in [-0.25, -0.2) is 4.98 Å². The van der Waals surface area contributed by atoms with Crippen LogP contribution in [0.1, 0.15) is 39.0 Å². The van der Waals surface area contributed by atoms with Crippen molar-refractivity contribution in [3.8, 4) is 0 Å². The van der Waals surface area contributed by atoms with E-state index in [9.17, 15) is 0 Å². The van der Waals surface area contributed by atoms with Crippen LogP contribution in [0.2, 0.25) is 5.15 Å². The quantitative estimate of drug-likeness (QED) is 0.672. The lowest BCUT2D eigenvalue weighted by Crippen LogP contribution is -2.14. The molecule has 130 valence electrons. The van der Waals surface area contributed by atoms with Crippen LogP contribution < -0.4 is 11.1 Å². The molecule has 0 atom stereocenters. The van der Waals surface area contributed by atoms with E-state index >= 15 is 0 Å². The van der Waals surface area contributed by atoms with Gasteiger partial charge in [-0.1, -0.05) is 69.6 Å². The molecule has 1 aromatic carbocycles. The van der Waals surface area contributed by atoms with Gasteiger partial charge in [0.15, 0.2) is 0 Å². The first-order valence-electron chi connectivity index (χ1n) is 7.89. The first-order chi connectivity index (χ1) is 11.3. The van der Waals surface area contributed by atoms with E-state index in [0.29, 0.717) is 11.7 Å². The van der Waals surface area contributed by atoms with Gasteiger partial charge in [0, 0.05) is 17.6 Å². The molecule has 1 aromatic heterocycles. The van der Waals surface area contributed by atoms with Crippen LogP contribution in [0.5, 0.6) is 0 Å². The largest absolute Gasteiger partial charge is 0.333 e. The molecular weight excluding hydrogens is 374 g/mol. The van der Waals surface area contributed by atoms with Crippen LogP contribution in [0.3, 0.4) is 0 Å². The van der Waals surface area contributed by atoms with Gasteiger partial charge in [-0.15, -0.1) is 0 Å². The van der Waals surface area contributed by atoms with E-state index in [1.807, 2.05) is 52.0 Å². The third-order valence-corrected chi connectivity index (χ3v) is 3.28. The summed E-state index contributed by atoms with van der Waals surface area (Å²) in [6.07, 6.45) is 0. The minimum Gasteiger partial charge on any atom is -0.333 e. The fraction of sp³-hybridized carbons (Fsp3) is 0.389. The molecule has 0 aliphatic carbocycles. The predicted octanol–water partition coefficient (Wildman–Crippen LogP) is 5.41. The molecule has 3 N–H and O–H groups in total. The molecule has 0 spiro atoms. The molecule has 0 saturated carbocycles. The topological polar surface area (TPSA) is 50.9 Å². The lowest BCUT2D eigenvalue weighted by molar-refractivity contribution is 0.677. The van der Waals surface area contributed by atoms with Crippen LogP contribution in [0.4, 0.5) is 0 Å². The van der Waals surface area contributed by atoms with Crippen LogP contribution in [-0.4, -0.2) is 12.0 Å². The van der Waals surface area contributed by atoms with Gasteiger partial charge in [0.25, 0.3) is 0 Å². The average Bonchev–Trinajstić information content (AvgIpc) is 2.64. The molecule has 0 radical (unpaired) electrons. The molecular formula is C18H29BrClN3. The Morgan fingerprint density at radius 3 is 2.09 bits per heavy atom. The van der Waals surface area contributed by atoms with Crippen LogP contribution >= 0.6 is 27.5 Å². The molecule has 0 fully saturated rings. The minimum atomic E-state index is 0.518. The Bertz CT molecular complexity index is 493. The molecule has 0 aliphatic rings. The van der Waals surface area contributed by atoms with Crippen molar-refractivity contribution >= 4 is 27.5 Å². The lowest BCUT2D eigenvalue weighted by atomic mass is 10.2. The second-order valence-electron chi connectivity index (χ2n) is 3.65. The number of pyridine rings is 1. The van der Waals surface area contributed by atoms with E-state index in [1.54, 1.807) is 6.07 Å². The Morgan fingerprint density at radius 2 is 1.52 bits per heavy atom.